The number of alkyl halides is 2. The molecule has 0 aromatic heterocycles. The highest BCUT2D eigenvalue weighted by atomic mass is 19.3. The Morgan fingerprint density at radius 1 is 1.24 bits per heavy atom. The molecule has 0 saturated heterocycles. The Morgan fingerprint density at radius 2 is 1.82 bits per heavy atom. The molecule has 1 aliphatic rings. The normalized spacial score (nSPS) is 19.5. The Bertz CT molecular complexity index is 389. The number of rotatable bonds is 3. The fourth-order valence-corrected chi connectivity index (χ4v) is 2.77. The van der Waals surface area contributed by atoms with Crippen LogP contribution in [0.15, 0.2) is 24.3 Å². The van der Waals surface area contributed by atoms with Gasteiger partial charge in [0.15, 0.2) is 0 Å². The minimum atomic E-state index is -2.68. The molecule has 94 valence electrons. The zero-order chi connectivity index (χ0) is 12.5. The van der Waals surface area contributed by atoms with Crippen molar-refractivity contribution in [2.45, 2.75) is 50.5 Å². The van der Waals surface area contributed by atoms with Crippen LogP contribution in [0, 0.1) is 0 Å². The van der Waals surface area contributed by atoms with E-state index in [0.717, 1.165) is 38.2 Å². The second kappa shape index (κ2) is 4.37. The van der Waals surface area contributed by atoms with Crippen LogP contribution < -0.4 is 5.73 Å². The highest BCUT2D eigenvalue weighted by Gasteiger charge is 2.34. The van der Waals surface area contributed by atoms with Crippen molar-refractivity contribution in [1.82, 2.24) is 0 Å². The predicted molar refractivity (Wildman–Crippen MR) is 65.1 cm³/mol. The topological polar surface area (TPSA) is 26.0 Å². The zero-order valence-corrected chi connectivity index (χ0v) is 10.2. The van der Waals surface area contributed by atoms with Gasteiger partial charge in [0, 0.05) is 12.0 Å². The first-order valence-electron chi connectivity index (χ1n) is 6.16. The van der Waals surface area contributed by atoms with E-state index in [2.05, 4.69) is 0 Å². The first-order chi connectivity index (χ1) is 7.91. The largest absolute Gasteiger partial charge is 0.321 e. The summed E-state index contributed by atoms with van der Waals surface area (Å²) in [7, 11) is 0. The lowest BCUT2D eigenvalue weighted by molar-refractivity contribution is 0.0222. The lowest BCUT2D eigenvalue weighted by Gasteiger charge is -2.28. The predicted octanol–water partition coefficient (Wildman–Crippen LogP) is 3.61. The van der Waals surface area contributed by atoms with Crippen molar-refractivity contribution in [3.05, 3.63) is 35.4 Å². The van der Waals surface area contributed by atoms with E-state index in [4.69, 9.17) is 5.73 Å². The first kappa shape index (κ1) is 12.5. The van der Waals surface area contributed by atoms with Crippen LogP contribution in [0.3, 0.4) is 0 Å². The van der Waals surface area contributed by atoms with Crippen molar-refractivity contribution in [2.75, 3.05) is 0 Å². The van der Waals surface area contributed by atoms with Gasteiger partial charge >= 0.3 is 0 Å². The third-order valence-electron chi connectivity index (χ3n) is 3.55. The van der Waals surface area contributed by atoms with Crippen molar-refractivity contribution in [1.29, 1.82) is 0 Å². The Morgan fingerprint density at radius 3 is 2.41 bits per heavy atom. The Balaban J connectivity index is 2.33. The summed E-state index contributed by atoms with van der Waals surface area (Å²) in [4.78, 5) is 0. The molecule has 0 spiro atoms. The smallest absolute Gasteiger partial charge is 0.249 e. The molecule has 1 aromatic rings. The van der Waals surface area contributed by atoms with Crippen LogP contribution in [0.2, 0.25) is 0 Å². The molecule has 2 N–H and O–H groups in total. The highest BCUT2D eigenvalue weighted by Crippen LogP contribution is 2.38. The van der Waals surface area contributed by atoms with Gasteiger partial charge in [-0.15, -0.1) is 0 Å². The monoisotopic (exact) mass is 239 g/mol. The molecule has 1 nitrogen and oxygen atoms in total. The average molecular weight is 239 g/mol. The summed E-state index contributed by atoms with van der Waals surface area (Å²) in [6.07, 6.45) is 3.77. The number of benzene rings is 1. The second-order valence-electron chi connectivity index (χ2n) is 5.27. The number of nitrogens with two attached hydrogens (primary N) is 1. The lowest BCUT2D eigenvalue weighted by atomic mass is 9.84. The van der Waals surface area contributed by atoms with Gasteiger partial charge in [0.25, 0.3) is 0 Å². The van der Waals surface area contributed by atoms with Crippen molar-refractivity contribution in [3.8, 4) is 0 Å². The number of hydrogen-bond acceptors (Lipinski definition) is 1. The van der Waals surface area contributed by atoms with Gasteiger partial charge < -0.3 is 5.73 Å². The Hall–Kier alpha value is -0.960. The molecule has 0 atom stereocenters. The van der Waals surface area contributed by atoms with Gasteiger partial charge in [-0.1, -0.05) is 37.1 Å². The molecular formula is C14H19F2N. The van der Waals surface area contributed by atoms with Gasteiger partial charge in [-0.05, 0) is 30.9 Å². The summed E-state index contributed by atoms with van der Waals surface area (Å²) >= 11 is 0. The summed E-state index contributed by atoms with van der Waals surface area (Å²) in [5.74, 6) is -2.68. The standard InChI is InChI=1S/C14H19F2N/c1-13(15,16)10-11-6-2-3-7-12(11)14(17)8-4-5-9-14/h2-3,6-7H,4-5,8-10,17H2,1H3. The Kier molecular flexibility index (Phi) is 3.21. The van der Waals surface area contributed by atoms with Crippen LogP contribution in [-0.4, -0.2) is 5.92 Å². The van der Waals surface area contributed by atoms with Gasteiger partial charge in [-0.2, -0.15) is 0 Å². The van der Waals surface area contributed by atoms with E-state index in [1.165, 1.54) is 0 Å². The molecule has 0 aliphatic heterocycles. The molecule has 0 unspecified atom stereocenters. The molecule has 0 radical (unpaired) electrons. The first-order valence-corrected chi connectivity index (χ1v) is 6.16. The van der Waals surface area contributed by atoms with E-state index in [0.29, 0.717) is 5.56 Å². The number of halogens is 2. The minimum Gasteiger partial charge on any atom is -0.321 e. The molecular weight excluding hydrogens is 220 g/mol. The van der Waals surface area contributed by atoms with E-state index >= 15 is 0 Å². The summed E-state index contributed by atoms with van der Waals surface area (Å²) in [5, 5.41) is 0. The average Bonchev–Trinajstić information content (AvgIpc) is 2.64. The van der Waals surface area contributed by atoms with E-state index in [-0.39, 0.29) is 12.0 Å². The van der Waals surface area contributed by atoms with Crippen LogP contribution in [0.1, 0.15) is 43.7 Å². The summed E-state index contributed by atoms with van der Waals surface area (Å²) in [6.45, 7) is 0.960. The molecule has 1 saturated carbocycles. The van der Waals surface area contributed by atoms with Crippen LogP contribution in [0.5, 0.6) is 0 Å². The van der Waals surface area contributed by atoms with Crippen molar-refractivity contribution < 1.29 is 8.78 Å². The Labute approximate surface area is 101 Å². The van der Waals surface area contributed by atoms with Crippen molar-refractivity contribution in [3.63, 3.8) is 0 Å². The highest BCUT2D eigenvalue weighted by molar-refractivity contribution is 5.35. The van der Waals surface area contributed by atoms with E-state index in [1.54, 1.807) is 6.07 Å². The quantitative estimate of drug-likeness (QED) is 0.856. The van der Waals surface area contributed by atoms with Crippen LogP contribution in [0.4, 0.5) is 8.78 Å². The van der Waals surface area contributed by atoms with Gasteiger partial charge in [0.2, 0.25) is 5.92 Å². The van der Waals surface area contributed by atoms with Crippen molar-refractivity contribution >= 4 is 0 Å². The third kappa shape index (κ3) is 2.83. The molecule has 0 amide bonds. The van der Waals surface area contributed by atoms with E-state index in [1.807, 2.05) is 18.2 Å². The SMILES string of the molecule is CC(F)(F)Cc1ccccc1C1(N)CCCC1. The molecule has 1 aliphatic carbocycles. The molecule has 0 heterocycles. The van der Waals surface area contributed by atoms with Gasteiger partial charge in [-0.3, -0.25) is 0 Å². The lowest BCUT2D eigenvalue weighted by Crippen LogP contribution is -2.35. The maximum atomic E-state index is 13.2. The second-order valence-corrected chi connectivity index (χ2v) is 5.27. The fraction of sp³-hybridized carbons (Fsp3) is 0.571. The summed E-state index contributed by atoms with van der Waals surface area (Å²) < 4.78 is 26.3. The molecule has 1 aromatic carbocycles. The van der Waals surface area contributed by atoms with Crippen LogP contribution in [-0.2, 0) is 12.0 Å². The van der Waals surface area contributed by atoms with Gasteiger partial charge in [-0.25, -0.2) is 8.78 Å². The molecule has 2 rings (SSSR count). The van der Waals surface area contributed by atoms with Crippen molar-refractivity contribution in [2.24, 2.45) is 5.73 Å². The zero-order valence-electron chi connectivity index (χ0n) is 10.2. The molecule has 0 bridgehead atoms. The maximum absolute atomic E-state index is 13.2. The van der Waals surface area contributed by atoms with E-state index < -0.39 is 5.92 Å². The van der Waals surface area contributed by atoms with Crippen LogP contribution in [0.25, 0.3) is 0 Å². The maximum Gasteiger partial charge on any atom is 0.249 e. The van der Waals surface area contributed by atoms with Gasteiger partial charge in [0.1, 0.15) is 0 Å². The fourth-order valence-electron chi connectivity index (χ4n) is 2.77. The number of hydrogen-bond donors (Lipinski definition) is 1. The third-order valence-corrected chi connectivity index (χ3v) is 3.55. The molecule has 17 heavy (non-hydrogen) atoms. The summed E-state index contributed by atoms with van der Waals surface area (Å²) in [5.41, 5.74) is 7.58. The minimum absolute atomic E-state index is 0.220. The van der Waals surface area contributed by atoms with Gasteiger partial charge in [0.05, 0.1) is 0 Å². The summed E-state index contributed by atoms with van der Waals surface area (Å²) in [6, 6.07) is 7.38. The van der Waals surface area contributed by atoms with Crippen LogP contribution >= 0.6 is 0 Å². The molecule has 1 fully saturated rings. The van der Waals surface area contributed by atoms with E-state index in [9.17, 15) is 8.78 Å². The molecule has 3 heteroatoms.